The van der Waals surface area contributed by atoms with Crippen LogP contribution < -0.4 is 0 Å². The zero-order valence-corrected chi connectivity index (χ0v) is 12.0. The van der Waals surface area contributed by atoms with E-state index in [1.54, 1.807) is 4.90 Å². The topological polar surface area (TPSA) is 57.6 Å². The smallest absolute Gasteiger partial charge is 0.306 e. The van der Waals surface area contributed by atoms with E-state index in [9.17, 15) is 9.59 Å². The van der Waals surface area contributed by atoms with Gasteiger partial charge in [-0.1, -0.05) is 30.3 Å². The number of hydrogen-bond acceptors (Lipinski definition) is 2. The number of likely N-dealkylation sites (tertiary alicyclic amines) is 1. The predicted molar refractivity (Wildman–Crippen MR) is 76.4 cm³/mol. The van der Waals surface area contributed by atoms with Crippen molar-refractivity contribution in [1.82, 2.24) is 4.90 Å². The Morgan fingerprint density at radius 1 is 1.15 bits per heavy atom. The molecule has 20 heavy (non-hydrogen) atoms. The van der Waals surface area contributed by atoms with Crippen LogP contribution in [-0.2, 0) is 15.0 Å². The van der Waals surface area contributed by atoms with E-state index >= 15 is 0 Å². The molecule has 0 aliphatic carbocycles. The van der Waals surface area contributed by atoms with E-state index in [4.69, 9.17) is 5.11 Å². The van der Waals surface area contributed by atoms with E-state index in [0.717, 1.165) is 5.56 Å². The fourth-order valence-corrected chi connectivity index (χ4v) is 2.70. The number of amides is 1. The second kappa shape index (κ2) is 5.65. The van der Waals surface area contributed by atoms with Gasteiger partial charge in [-0.15, -0.1) is 0 Å². The van der Waals surface area contributed by atoms with Gasteiger partial charge in [0.05, 0.1) is 11.3 Å². The Labute approximate surface area is 119 Å². The third-order valence-corrected chi connectivity index (χ3v) is 4.16. The van der Waals surface area contributed by atoms with Crippen LogP contribution in [0.1, 0.15) is 32.3 Å². The third kappa shape index (κ3) is 2.84. The number of hydrogen-bond donors (Lipinski definition) is 1. The number of rotatable bonds is 3. The first-order valence-corrected chi connectivity index (χ1v) is 7.00. The zero-order valence-electron chi connectivity index (χ0n) is 12.0. The molecule has 1 aromatic carbocycles. The first kappa shape index (κ1) is 14.6. The Kier molecular flexibility index (Phi) is 4.12. The molecule has 1 aliphatic heterocycles. The van der Waals surface area contributed by atoms with Crippen LogP contribution in [0.2, 0.25) is 0 Å². The molecule has 108 valence electrons. The van der Waals surface area contributed by atoms with Crippen LogP contribution in [0, 0.1) is 5.92 Å². The minimum Gasteiger partial charge on any atom is -0.481 e. The van der Waals surface area contributed by atoms with Gasteiger partial charge in [0.1, 0.15) is 0 Å². The summed E-state index contributed by atoms with van der Waals surface area (Å²) in [6.45, 7) is 4.92. The van der Waals surface area contributed by atoms with E-state index in [2.05, 4.69) is 0 Å². The normalized spacial score (nSPS) is 17.0. The molecule has 2 rings (SSSR count). The highest BCUT2D eigenvalue weighted by Crippen LogP contribution is 2.28. The lowest BCUT2D eigenvalue weighted by Gasteiger charge is -2.36. The first-order chi connectivity index (χ1) is 9.43. The first-order valence-electron chi connectivity index (χ1n) is 7.00. The molecule has 4 heteroatoms. The van der Waals surface area contributed by atoms with Gasteiger partial charge in [-0.3, -0.25) is 9.59 Å². The maximum atomic E-state index is 12.7. The summed E-state index contributed by atoms with van der Waals surface area (Å²) < 4.78 is 0. The van der Waals surface area contributed by atoms with Gasteiger partial charge in [0.15, 0.2) is 0 Å². The average molecular weight is 275 g/mol. The Hall–Kier alpha value is -1.84. The summed E-state index contributed by atoms with van der Waals surface area (Å²) in [7, 11) is 0. The third-order valence-electron chi connectivity index (χ3n) is 4.16. The average Bonchev–Trinajstić information content (AvgIpc) is 2.47. The van der Waals surface area contributed by atoms with Gasteiger partial charge in [-0.25, -0.2) is 0 Å². The lowest BCUT2D eigenvalue weighted by atomic mass is 9.82. The highest BCUT2D eigenvalue weighted by molar-refractivity contribution is 5.87. The summed E-state index contributed by atoms with van der Waals surface area (Å²) in [6.07, 6.45) is 1.10. The van der Waals surface area contributed by atoms with Gasteiger partial charge in [0.2, 0.25) is 5.91 Å². The van der Waals surface area contributed by atoms with Gasteiger partial charge in [-0.2, -0.15) is 0 Å². The number of piperidine rings is 1. The lowest BCUT2D eigenvalue weighted by molar-refractivity contribution is -0.147. The molecule has 0 spiro atoms. The van der Waals surface area contributed by atoms with Crippen LogP contribution in [-0.4, -0.2) is 35.0 Å². The Morgan fingerprint density at radius 2 is 1.70 bits per heavy atom. The van der Waals surface area contributed by atoms with E-state index in [1.807, 2.05) is 44.2 Å². The van der Waals surface area contributed by atoms with Gasteiger partial charge < -0.3 is 10.0 Å². The number of carboxylic acid groups (broad SMARTS) is 1. The molecule has 1 aliphatic rings. The number of carbonyl (C=O) groups excluding carboxylic acids is 1. The van der Waals surface area contributed by atoms with Gasteiger partial charge in [0.25, 0.3) is 0 Å². The molecule has 1 aromatic rings. The number of benzene rings is 1. The number of aliphatic carboxylic acids is 1. The van der Waals surface area contributed by atoms with Gasteiger partial charge >= 0.3 is 5.97 Å². The van der Waals surface area contributed by atoms with E-state index in [-0.39, 0.29) is 11.8 Å². The molecule has 1 N–H and O–H groups in total. The molecule has 1 amide bonds. The molecule has 0 bridgehead atoms. The van der Waals surface area contributed by atoms with Crippen molar-refractivity contribution in [3.8, 4) is 0 Å². The molecule has 0 unspecified atom stereocenters. The maximum absolute atomic E-state index is 12.7. The van der Waals surface area contributed by atoms with Crippen LogP contribution in [0.3, 0.4) is 0 Å². The van der Waals surface area contributed by atoms with Crippen molar-refractivity contribution in [1.29, 1.82) is 0 Å². The van der Waals surface area contributed by atoms with Crippen molar-refractivity contribution in [2.45, 2.75) is 32.1 Å². The quantitative estimate of drug-likeness (QED) is 0.920. The van der Waals surface area contributed by atoms with Crippen molar-refractivity contribution in [3.63, 3.8) is 0 Å². The highest BCUT2D eigenvalue weighted by Gasteiger charge is 2.36. The number of carbonyl (C=O) groups is 2. The maximum Gasteiger partial charge on any atom is 0.306 e. The molecular formula is C16H21NO3. The van der Waals surface area contributed by atoms with Crippen molar-refractivity contribution in [2.24, 2.45) is 5.92 Å². The molecular weight excluding hydrogens is 254 g/mol. The number of carboxylic acids is 1. The lowest BCUT2D eigenvalue weighted by Crippen LogP contribution is -2.47. The summed E-state index contributed by atoms with van der Waals surface area (Å²) in [5.41, 5.74) is 0.419. The van der Waals surface area contributed by atoms with Crippen molar-refractivity contribution >= 4 is 11.9 Å². The summed E-state index contributed by atoms with van der Waals surface area (Å²) in [5, 5.41) is 9.00. The Balaban J connectivity index is 2.07. The molecule has 1 heterocycles. The van der Waals surface area contributed by atoms with Crippen LogP contribution in [0.5, 0.6) is 0 Å². The van der Waals surface area contributed by atoms with E-state index in [1.165, 1.54) is 0 Å². The summed E-state index contributed by atoms with van der Waals surface area (Å²) in [6, 6.07) is 9.72. The summed E-state index contributed by atoms with van der Waals surface area (Å²) >= 11 is 0. The molecule has 1 saturated heterocycles. The molecule has 4 nitrogen and oxygen atoms in total. The minimum atomic E-state index is -0.751. The van der Waals surface area contributed by atoms with E-state index in [0.29, 0.717) is 25.9 Å². The van der Waals surface area contributed by atoms with E-state index < -0.39 is 11.4 Å². The van der Waals surface area contributed by atoms with Crippen LogP contribution in [0.25, 0.3) is 0 Å². The second-order valence-electron chi connectivity index (χ2n) is 5.90. The Morgan fingerprint density at radius 3 is 2.20 bits per heavy atom. The highest BCUT2D eigenvalue weighted by atomic mass is 16.4. The fraction of sp³-hybridized carbons (Fsp3) is 0.500. The summed E-state index contributed by atoms with van der Waals surface area (Å²) in [5.74, 6) is -0.981. The zero-order chi connectivity index (χ0) is 14.8. The minimum absolute atomic E-state index is 0.0764. The molecule has 0 radical (unpaired) electrons. The predicted octanol–water partition coefficient (Wildman–Crippen LogP) is 2.29. The number of nitrogens with zero attached hydrogens (tertiary/aromatic N) is 1. The molecule has 0 atom stereocenters. The van der Waals surface area contributed by atoms with Crippen molar-refractivity contribution in [3.05, 3.63) is 35.9 Å². The van der Waals surface area contributed by atoms with Crippen LogP contribution in [0.15, 0.2) is 30.3 Å². The van der Waals surface area contributed by atoms with Crippen LogP contribution >= 0.6 is 0 Å². The molecule has 0 aromatic heterocycles. The molecule has 1 fully saturated rings. The van der Waals surface area contributed by atoms with Crippen molar-refractivity contribution in [2.75, 3.05) is 13.1 Å². The summed E-state index contributed by atoms with van der Waals surface area (Å²) in [4.78, 5) is 25.4. The van der Waals surface area contributed by atoms with Gasteiger partial charge in [0, 0.05) is 13.1 Å². The monoisotopic (exact) mass is 275 g/mol. The fourth-order valence-electron chi connectivity index (χ4n) is 2.70. The molecule has 0 saturated carbocycles. The van der Waals surface area contributed by atoms with Crippen molar-refractivity contribution < 1.29 is 14.7 Å². The standard InChI is InChI=1S/C16H21NO3/c1-16(2,13-6-4-3-5-7-13)15(20)17-10-8-12(9-11-17)14(18)19/h3-7,12H,8-11H2,1-2H3,(H,18,19). The van der Waals surface area contributed by atoms with Gasteiger partial charge in [-0.05, 0) is 32.3 Å². The second-order valence-corrected chi connectivity index (χ2v) is 5.90. The largest absolute Gasteiger partial charge is 0.481 e. The Bertz CT molecular complexity index is 488. The SMILES string of the molecule is CC(C)(C(=O)N1CCC(C(=O)O)CC1)c1ccccc1. The van der Waals surface area contributed by atoms with Crippen LogP contribution in [0.4, 0.5) is 0 Å².